The summed E-state index contributed by atoms with van der Waals surface area (Å²) < 4.78 is 15.2. The Kier molecular flexibility index (Phi) is 7.87. The van der Waals surface area contributed by atoms with E-state index < -0.39 is 23.7 Å². The normalized spacial score (nSPS) is 17.8. The van der Waals surface area contributed by atoms with Gasteiger partial charge in [-0.2, -0.15) is 0 Å². The van der Waals surface area contributed by atoms with Crippen LogP contribution in [0.2, 0.25) is 0 Å². The van der Waals surface area contributed by atoms with Gasteiger partial charge in [-0.25, -0.2) is 4.98 Å². The molecular formula is C28H38N4O5. The van der Waals surface area contributed by atoms with E-state index in [4.69, 9.17) is 14.5 Å². The van der Waals surface area contributed by atoms with Crippen LogP contribution in [-0.2, 0) is 34.4 Å². The van der Waals surface area contributed by atoms with Crippen LogP contribution < -0.4 is 10.9 Å². The Labute approximate surface area is 217 Å². The third-order valence-electron chi connectivity index (χ3n) is 6.51. The minimum Gasteiger partial charge on any atom is -0.459 e. The number of hydrogen-bond acceptors (Lipinski definition) is 7. The van der Waals surface area contributed by atoms with Gasteiger partial charge in [-0.15, -0.1) is 0 Å². The van der Waals surface area contributed by atoms with E-state index in [0.29, 0.717) is 18.7 Å². The number of aliphatic hydroxyl groups excluding tert-OH is 1. The molecule has 4 rings (SSSR count). The van der Waals surface area contributed by atoms with Gasteiger partial charge in [-0.3, -0.25) is 14.9 Å². The fourth-order valence-electron chi connectivity index (χ4n) is 4.72. The number of nitrogens with zero attached hydrogens (tertiary/aromatic N) is 3. The van der Waals surface area contributed by atoms with Crippen LogP contribution in [0.5, 0.6) is 0 Å². The minimum atomic E-state index is -0.914. The largest absolute Gasteiger partial charge is 0.459 e. The molecule has 3 aromatic rings. The number of rotatable bonds is 8. The molecule has 2 aromatic heterocycles. The smallest absolute Gasteiger partial charge is 0.326 e. The van der Waals surface area contributed by atoms with Crippen LogP contribution in [0.15, 0.2) is 35.3 Å². The van der Waals surface area contributed by atoms with E-state index in [-0.39, 0.29) is 11.7 Å². The number of nitrogens with one attached hydrogen (secondary N) is 1. The van der Waals surface area contributed by atoms with Gasteiger partial charge in [-0.1, -0.05) is 6.07 Å². The molecule has 1 aromatic carbocycles. The number of aryl methyl sites for hydroxylation is 2. The number of ether oxygens (including phenoxy) is 2. The third-order valence-corrected chi connectivity index (χ3v) is 6.51. The molecule has 1 saturated heterocycles. The van der Waals surface area contributed by atoms with Crippen molar-refractivity contribution in [2.24, 2.45) is 7.05 Å². The van der Waals surface area contributed by atoms with Crippen molar-refractivity contribution in [3.8, 4) is 11.4 Å². The first kappa shape index (κ1) is 27.0. The summed E-state index contributed by atoms with van der Waals surface area (Å²) in [5.41, 5.74) is 3.58. The number of hydrogen-bond donors (Lipinski definition) is 2. The lowest BCUT2D eigenvalue weighted by molar-refractivity contribution is -0.160. The first-order valence-corrected chi connectivity index (χ1v) is 12.9. The standard InChI is InChI=1S/C28H38N4O5/c1-17-12-20(15-31(6)26(17)34)25-30-22-10-9-19(13-23(22)32(25)16-21-8-7-11-36-21)14-29-24(18(2)33)27(35)37-28(3,4)5/h9-10,12-13,15,18,21,24,29,33H,7-8,11,14,16H2,1-6H3/t18-,21?,24+/m1/s1. The van der Waals surface area contributed by atoms with Gasteiger partial charge < -0.3 is 23.7 Å². The van der Waals surface area contributed by atoms with Crippen molar-refractivity contribution in [1.82, 2.24) is 19.4 Å². The first-order valence-electron chi connectivity index (χ1n) is 12.9. The molecule has 0 saturated carbocycles. The molecule has 0 amide bonds. The van der Waals surface area contributed by atoms with Crippen LogP contribution in [0.1, 0.15) is 51.7 Å². The molecule has 3 heterocycles. The highest BCUT2D eigenvalue weighted by molar-refractivity contribution is 5.81. The molecular weight excluding hydrogens is 472 g/mol. The molecule has 2 N–H and O–H groups in total. The Balaban J connectivity index is 1.68. The SMILES string of the molecule is Cc1cc(-c2nc3ccc(CN[C@H](C(=O)OC(C)(C)C)[C@@H](C)O)cc3n2CC2CCCO2)cn(C)c1=O. The second-order valence-electron chi connectivity index (χ2n) is 11.0. The molecule has 200 valence electrons. The minimum absolute atomic E-state index is 0.0310. The van der Waals surface area contributed by atoms with Crippen molar-refractivity contribution in [2.75, 3.05) is 6.61 Å². The molecule has 0 spiro atoms. The average Bonchev–Trinajstić information content (AvgIpc) is 3.44. The molecule has 1 aliphatic rings. The topological polar surface area (TPSA) is 108 Å². The summed E-state index contributed by atoms with van der Waals surface area (Å²) >= 11 is 0. The summed E-state index contributed by atoms with van der Waals surface area (Å²) in [6, 6.07) is 7.00. The summed E-state index contributed by atoms with van der Waals surface area (Å²) in [6.07, 6.45) is 3.02. The second kappa shape index (κ2) is 10.8. The second-order valence-corrected chi connectivity index (χ2v) is 11.0. The predicted molar refractivity (Wildman–Crippen MR) is 142 cm³/mol. The van der Waals surface area contributed by atoms with Crippen LogP contribution in [0.25, 0.3) is 22.4 Å². The van der Waals surface area contributed by atoms with E-state index in [0.717, 1.165) is 47.4 Å². The van der Waals surface area contributed by atoms with Crippen molar-refractivity contribution < 1.29 is 19.4 Å². The van der Waals surface area contributed by atoms with Gasteiger partial charge in [0.05, 0.1) is 29.8 Å². The summed E-state index contributed by atoms with van der Waals surface area (Å²) in [4.78, 5) is 29.8. The summed E-state index contributed by atoms with van der Waals surface area (Å²) in [5.74, 6) is 0.296. The molecule has 1 fully saturated rings. The maximum Gasteiger partial charge on any atom is 0.326 e. The van der Waals surface area contributed by atoms with E-state index in [1.165, 1.54) is 0 Å². The monoisotopic (exact) mass is 510 g/mol. The van der Waals surface area contributed by atoms with Crippen molar-refractivity contribution in [1.29, 1.82) is 0 Å². The van der Waals surface area contributed by atoms with Gasteiger partial charge in [0.1, 0.15) is 17.5 Å². The van der Waals surface area contributed by atoms with Crippen LogP contribution in [0.4, 0.5) is 0 Å². The number of carbonyl (C=O) groups excluding carboxylic acids is 1. The van der Waals surface area contributed by atoms with E-state index >= 15 is 0 Å². The number of aliphatic hydroxyl groups is 1. The predicted octanol–water partition coefficient (Wildman–Crippen LogP) is 3.07. The average molecular weight is 511 g/mol. The van der Waals surface area contributed by atoms with Gasteiger partial charge >= 0.3 is 5.97 Å². The van der Waals surface area contributed by atoms with Crippen molar-refractivity contribution >= 4 is 17.0 Å². The van der Waals surface area contributed by atoms with Gasteiger partial charge in [0.2, 0.25) is 0 Å². The Hall–Kier alpha value is -3.01. The van der Waals surface area contributed by atoms with Gasteiger partial charge in [0.25, 0.3) is 5.56 Å². The van der Waals surface area contributed by atoms with Crippen molar-refractivity contribution in [3.63, 3.8) is 0 Å². The number of esters is 1. The Morgan fingerprint density at radius 2 is 2.08 bits per heavy atom. The number of benzene rings is 1. The highest BCUT2D eigenvalue weighted by Crippen LogP contribution is 2.28. The summed E-state index contributed by atoms with van der Waals surface area (Å²) in [6.45, 7) is 10.6. The number of aromatic nitrogens is 3. The molecule has 9 heteroatoms. The van der Waals surface area contributed by atoms with Crippen LogP contribution in [0, 0.1) is 6.92 Å². The van der Waals surface area contributed by atoms with Crippen LogP contribution in [-0.4, -0.2) is 55.7 Å². The quantitative estimate of drug-likeness (QED) is 0.449. The lowest BCUT2D eigenvalue weighted by atomic mass is 10.1. The number of carbonyl (C=O) groups is 1. The Morgan fingerprint density at radius 1 is 1.32 bits per heavy atom. The van der Waals surface area contributed by atoms with Gasteiger partial charge in [0.15, 0.2) is 0 Å². The molecule has 3 atom stereocenters. The number of fused-ring (bicyclic) bond motifs is 1. The van der Waals surface area contributed by atoms with Gasteiger partial charge in [0, 0.05) is 37.5 Å². The van der Waals surface area contributed by atoms with E-state index in [1.807, 2.05) is 31.3 Å². The lowest BCUT2D eigenvalue weighted by Gasteiger charge is -2.26. The van der Waals surface area contributed by atoms with E-state index in [2.05, 4.69) is 16.0 Å². The molecule has 0 bridgehead atoms. The van der Waals surface area contributed by atoms with Gasteiger partial charge in [-0.05, 0) is 71.2 Å². The first-order chi connectivity index (χ1) is 17.4. The molecule has 1 unspecified atom stereocenters. The fourth-order valence-corrected chi connectivity index (χ4v) is 4.72. The molecule has 0 radical (unpaired) electrons. The van der Waals surface area contributed by atoms with Crippen molar-refractivity contribution in [2.45, 2.75) is 84.4 Å². The molecule has 1 aliphatic heterocycles. The lowest BCUT2D eigenvalue weighted by Crippen LogP contribution is -2.47. The molecule has 37 heavy (non-hydrogen) atoms. The molecule has 9 nitrogen and oxygen atoms in total. The third kappa shape index (κ3) is 6.29. The summed E-state index contributed by atoms with van der Waals surface area (Å²) in [5, 5.41) is 13.4. The van der Waals surface area contributed by atoms with E-state index in [1.54, 1.807) is 39.3 Å². The Morgan fingerprint density at radius 3 is 2.70 bits per heavy atom. The van der Waals surface area contributed by atoms with Crippen LogP contribution in [0.3, 0.4) is 0 Å². The number of pyridine rings is 1. The summed E-state index contributed by atoms with van der Waals surface area (Å²) in [7, 11) is 1.75. The number of imidazole rings is 1. The zero-order valence-corrected chi connectivity index (χ0v) is 22.6. The highest BCUT2D eigenvalue weighted by Gasteiger charge is 2.29. The maximum atomic E-state index is 12.6. The molecule has 0 aliphatic carbocycles. The van der Waals surface area contributed by atoms with E-state index in [9.17, 15) is 14.7 Å². The van der Waals surface area contributed by atoms with Crippen LogP contribution >= 0.6 is 0 Å². The Bertz CT molecular complexity index is 1300. The maximum absolute atomic E-state index is 12.6. The zero-order valence-electron chi connectivity index (χ0n) is 22.6. The fraction of sp³-hybridized carbons (Fsp3) is 0.536. The van der Waals surface area contributed by atoms with Crippen molar-refractivity contribution in [3.05, 3.63) is 51.9 Å². The zero-order chi connectivity index (χ0) is 26.9. The highest BCUT2D eigenvalue weighted by atomic mass is 16.6.